The van der Waals surface area contributed by atoms with Crippen LogP contribution < -0.4 is 18.9 Å². The van der Waals surface area contributed by atoms with Crippen LogP contribution in [0.15, 0.2) is 0 Å². The van der Waals surface area contributed by atoms with Crippen molar-refractivity contribution in [3.8, 4) is 0 Å². The zero-order valence-corrected chi connectivity index (χ0v) is 3.72. The van der Waals surface area contributed by atoms with Gasteiger partial charge in [0.1, 0.15) is 7.44 Å². The summed E-state index contributed by atoms with van der Waals surface area (Å²) >= 11 is 0. The van der Waals surface area contributed by atoms with Crippen LogP contribution in [0.2, 0.25) is 0 Å². The van der Waals surface area contributed by atoms with E-state index >= 15 is 0 Å². The van der Waals surface area contributed by atoms with Crippen molar-refractivity contribution in [1.82, 2.24) is 0 Å². The van der Waals surface area contributed by atoms with Gasteiger partial charge in [-0.3, -0.25) is 0 Å². The molecule has 0 rings (SSSR count). The normalized spacial score (nSPS) is 3.00. The van der Waals surface area contributed by atoms with Gasteiger partial charge < -0.3 is 5.89 Å². The van der Waals surface area contributed by atoms with Crippen LogP contribution in [0.5, 0.6) is 0 Å². The smallest absolute Gasteiger partial charge is 1.00 e. The molecule has 0 heterocycles. The molecule has 0 bridgehead atoms. The Bertz CT molecular complexity index is 19.1. The quantitative estimate of drug-likeness (QED) is 0.262. The molecule has 0 saturated heterocycles. The fourth-order valence-electron chi connectivity index (χ4n) is 0. The van der Waals surface area contributed by atoms with E-state index in [0.717, 1.165) is 0 Å². The predicted octanol–water partition coefficient (Wildman–Crippen LogP) is -4.03. The summed E-state index contributed by atoms with van der Waals surface area (Å²) in [5, 5.41) is 0. The van der Waals surface area contributed by atoms with Gasteiger partial charge in [-0.25, -0.2) is 0 Å². The van der Waals surface area contributed by atoms with Gasteiger partial charge in [-0.2, -0.15) is 0 Å². The van der Waals surface area contributed by atoms with Crippen molar-refractivity contribution in [1.29, 1.82) is 0 Å². The van der Waals surface area contributed by atoms with Gasteiger partial charge in [-0.1, -0.05) is 0 Å². The van der Waals surface area contributed by atoms with E-state index < -0.39 is 9.28 Å². The maximum atomic E-state index is 8.79. The average Bonchev–Trinajstić information content (AvgIpc) is 0.918. The van der Waals surface area contributed by atoms with Crippen LogP contribution in [0.3, 0.4) is 0 Å². The largest absolute Gasteiger partial charge is 1.00 e. The van der Waals surface area contributed by atoms with E-state index in [1.807, 2.05) is 0 Å². The zero-order valence-electron chi connectivity index (χ0n) is 3.56. The molecule has 0 aromatic carbocycles. The third kappa shape index (κ3) is 16.4. The topological polar surface area (TPSA) is 17.1 Å². The first-order chi connectivity index (χ1) is 1.41. The van der Waals surface area contributed by atoms with Crippen LogP contribution in [-0.4, -0.2) is 16.7 Å². The van der Waals surface area contributed by atoms with Crippen LogP contribution in [0.1, 0.15) is 1.43 Å². The van der Waals surface area contributed by atoms with E-state index in [2.05, 4.69) is 7.44 Å². The molecule has 4 heteroatoms. The third-order valence-electron chi connectivity index (χ3n) is 0. The molecule has 0 aromatic heterocycles. The minimum absolute atomic E-state index is 0. The Kier molecular flexibility index (Phi) is 20.7. The summed E-state index contributed by atoms with van der Waals surface area (Å²) in [6.45, 7) is 0. The Labute approximate surface area is 42.0 Å². The summed E-state index contributed by atoms with van der Waals surface area (Å²) in [6.07, 6.45) is 0. The van der Waals surface area contributed by atoms with Gasteiger partial charge in [0.05, 0.1) is 0 Å². The minimum atomic E-state index is -1.00. The van der Waals surface area contributed by atoms with Gasteiger partial charge in [0, 0.05) is 0 Å². The monoisotopic (exact) mass is 64.0 g/mol. The summed E-state index contributed by atoms with van der Waals surface area (Å²) in [6, 6.07) is 0. The van der Waals surface area contributed by atoms with Crippen molar-refractivity contribution >= 4 is 16.7 Å². The second kappa shape index (κ2) is 9.37. The van der Waals surface area contributed by atoms with E-state index in [1.165, 1.54) is 0 Å². The average molecular weight is 63.9 g/mol. The first-order valence-electron chi connectivity index (χ1n) is 0.569. The molecular formula is H2BLiOSi. The van der Waals surface area contributed by atoms with Crippen molar-refractivity contribution in [2.75, 3.05) is 0 Å². The molecule has 0 unspecified atom stereocenters. The molecule has 1 nitrogen and oxygen atoms in total. The molecule has 0 aromatic rings. The zero-order chi connectivity index (χ0) is 2.71. The Morgan fingerprint density at radius 1 is 2.00 bits per heavy atom. The fourth-order valence-corrected chi connectivity index (χ4v) is 0. The van der Waals surface area contributed by atoms with Crippen LogP contribution in [0.4, 0.5) is 0 Å². The van der Waals surface area contributed by atoms with Crippen LogP contribution in [0, 0.1) is 0 Å². The predicted molar refractivity (Wildman–Crippen MR) is 14.7 cm³/mol. The molecule has 2 radical (unpaired) electrons. The second-order valence-corrected chi connectivity index (χ2v) is 0.408. The molecule has 0 aliphatic heterocycles. The molecule has 16 valence electrons. The number of hydrogen-bond donors (Lipinski definition) is 0. The van der Waals surface area contributed by atoms with Gasteiger partial charge in [-0.05, 0) is 0 Å². The van der Waals surface area contributed by atoms with E-state index in [4.69, 9.17) is 4.46 Å². The fraction of sp³-hybridized carbons (Fsp3) is 0. The van der Waals surface area contributed by atoms with E-state index in [-0.39, 0.29) is 20.3 Å². The molecule has 0 atom stereocenters. The second-order valence-electron chi connectivity index (χ2n) is 0.136. The van der Waals surface area contributed by atoms with Gasteiger partial charge in [-0.15, -0.1) is 0 Å². The SMILES string of the molecule is [B][SiH]=O.[H-].[Li+]. The summed E-state index contributed by atoms with van der Waals surface area (Å²) in [4.78, 5) is 0. The van der Waals surface area contributed by atoms with Gasteiger partial charge in [0.15, 0.2) is 9.28 Å². The Morgan fingerprint density at radius 2 is 2.00 bits per heavy atom. The van der Waals surface area contributed by atoms with Gasteiger partial charge in [0.25, 0.3) is 0 Å². The molecule has 0 aliphatic rings. The molecule has 4 heavy (non-hydrogen) atoms. The Balaban J connectivity index is -0.0000000200. The van der Waals surface area contributed by atoms with Gasteiger partial charge in [0.2, 0.25) is 0 Å². The van der Waals surface area contributed by atoms with E-state index in [0.29, 0.717) is 0 Å². The van der Waals surface area contributed by atoms with Crippen LogP contribution in [-0.2, 0) is 4.46 Å². The van der Waals surface area contributed by atoms with Crippen molar-refractivity contribution in [3.05, 3.63) is 0 Å². The first-order valence-corrected chi connectivity index (χ1v) is 1.71. The summed E-state index contributed by atoms with van der Waals surface area (Å²) < 4.78 is 8.79. The maximum absolute atomic E-state index is 8.79. The first kappa shape index (κ1) is 8.82. The molecule has 0 spiro atoms. The van der Waals surface area contributed by atoms with E-state index in [9.17, 15) is 0 Å². The molecule has 0 N–H and O–H groups in total. The third-order valence-corrected chi connectivity index (χ3v) is 0. The molecule has 0 amide bonds. The van der Waals surface area contributed by atoms with E-state index in [1.54, 1.807) is 0 Å². The molecule has 0 fully saturated rings. The van der Waals surface area contributed by atoms with Crippen molar-refractivity contribution in [3.63, 3.8) is 0 Å². The summed E-state index contributed by atoms with van der Waals surface area (Å²) in [7, 11) is 3.37. The minimum Gasteiger partial charge on any atom is -1.00 e. The van der Waals surface area contributed by atoms with Crippen molar-refractivity contribution in [2.24, 2.45) is 0 Å². The summed E-state index contributed by atoms with van der Waals surface area (Å²) in [5.41, 5.74) is 0. The van der Waals surface area contributed by atoms with Crippen molar-refractivity contribution < 1.29 is 24.7 Å². The van der Waals surface area contributed by atoms with Crippen LogP contribution in [0.25, 0.3) is 0 Å². The van der Waals surface area contributed by atoms with Crippen molar-refractivity contribution in [2.45, 2.75) is 0 Å². The Hall–Kier alpha value is 0.679. The van der Waals surface area contributed by atoms with Gasteiger partial charge >= 0.3 is 18.9 Å². The maximum Gasteiger partial charge on any atom is 1.00 e. The van der Waals surface area contributed by atoms with Crippen LogP contribution >= 0.6 is 0 Å². The summed E-state index contributed by atoms with van der Waals surface area (Å²) in [5.74, 6) is 0. The standard InChI is InChI=1S/BHOSi.Li.H/c1-3-2;;/h3H;;/q;+1;-1. The Morgan fingerprint density at radius 3 is 2.00 bits per heavy atom. The molecule has 0 aliphatic carbocycles. The molecular weight excluding hydrogens is 61.8 g/mol. The molecule has 0 saturated carbocycles. The number of hydrogen-bond acceptors (Lipinski definition) is 1. The number of rotatable bonds is 0.